The smallest absolute Gasteiger partial charge is 0.261 e. The molecule has 2 amide bonds. The summed E-state index contributed by atoms with van der Waals surface area (Å²) in [6.07, 6.45) is -0.964. The number of piperazine rings is 1. The van der Waals surface area contributed by atoms with Crippen LogP contribution < -0.4 is 5.32 Å². The number of rotatable bonds is 6. The Balaban J connectivity index is 1.50. The molecule has 1 aliphatic rings. The van der Waals surface area contributed by atoms with Crippen LogP contribution in [0.2, 0.25) is 5.02 Å². The average molecular weight is 447 g/mol. The Kier molecular flexibility index (Phi) is 7.45. The van der Waals surface area contributed by atoms with Gasteiger partial charge in [0.25, 0.3) is 11.8 Å². The lowest BCUT2D eigenvalue weighted by molar-refractivity contribution is -0.141. The minimum Gasteiger partial charge on any atom is -0.384 e. The predicted molar refractivity (Wildman–Crippen MR) is 115 cm³/mol. The summed E-state index contributed by atoms with van der Waals surface area (Å²) in [6, 6.07) is 10.8. The van der Waals surface area contributed by atoms with Crippen LogP contribution in [-0.4, -0.2) is 59.0 Å². The van der Waals surface area contributed by atoms with Gasteiger partial charge in [-0.2, -0.15) is 5.26 Å². The van der Waals surface area contributed by atoms with E-state index in [1.165, 1.54) is 18.3 Å². The topological polar surface area (TPSA) is 96.7 Å². The number of thiophene rings is 1. The first-order valence-electron chi connectivity index (χ1n) is 9.62. The number of benzene rings is 1. The highest BCUT2D eigenvalue weighted by Gasteiger charge is 2.24. The molecule has 0 spiro atoms. The molecule has 1 aromatic carbocycles. The molecule has 30 heavy (non-hydrogen) atoms. The Morgan fingerprint density at radius 2 is 2.00 bits per heavy atom. The van der Waals surface area contributed by atoms with E-state index in [1.54, 1.807) is 23.1 Å². The predicted octanol–water partition coefficient (Wildman–Crippen LogP) is 2.23. The molecule has 2 N–H and O–H groups in total. The Bertz CT molecular complexity index is 961. The molecule has 0 saturated carbocycles. The first-order chi connectivity index (χ1) is 14.4. The number of aliphatic hydroxyl groups excluding tert-OH is 1. The summed E-state index contributed by atoms with van der Waals surface area (Å²) >= 11 is 7.60. The van der Waals surface area contributed by atoms with Crippen molar-refractivity contribution in [2.45, 2.75) is 26.1 Å². The SMILES string of the molecule is CC(O)C(=O)N1CCN(Cc2ccc(C(=O)NCc3ccc(C#N)cc3Cl)s2)CC1. The second-order valence-electron chi connectivity index (χ2n) is 7.14. The van der Waals surface area contributed by atoms with Gasteiger partial charge in [0.05, 0.1) is 16.5 Å². The van der Waals surface area contributed by atoms with Gasteiger partial charge in [-0.25, -0.2) is 0 Å². The molecule has 1 atom stereocenters. The quantitative estimate of drug-likeness (QED) is 0.709. The van der Waals surface area contributed by atoms with Gasteiger partial charge in [-0.05, 0) is 36.8 Å². The van der Waals surface area contributed by atoms with Crippen LogP contribution >= 0.6 is 22.9 Å². The second-order valence-corrected chi connectivity index (χ2v) is 8.72. The van der Waals surface area contributed by atoms with Gasteiger partial charge in [-0.3, -0.25) is 14.5 Å². The van der Waals surface area contributed by atoms with E-state index in [-0.39, 0.29) is 18.4 Å². The van der Waals surface area contributed by atoms with E-state index in [4.69, 9.17) is 16.9 Å². The summed E-state index contributed by atoms with van der Waals surface area (Å²) in [5, 5.41) is 21.6. The van der Waals surface area contributed by atoms with Crippen molar-refractivity contribution < 1.29 is 14.7 Å². The molecule has 1 aliphatic heterocycles. The largest absolute Gasteiger partial charge is 0.384 e. The van der Waals surface area contributed by atoms with Crippen molar-refractivity contribution in [2.24, 2.45) is 0 Å². The van der Waals surface area contributed by atoms with Gasteiger partial charge in [-0.15, -0.1) is 11.3 Å². The Labute approximate surface area is 184 Å². The van der Waals surface area contributed by atoms with Gasteiger partial charge in [-0.1, -0.05) is 17.7 Å². The normalized spacial score (nSPS) is 15.5. The van der Waals surface area contributed by atoms with Gasteiger partial charge in [0, 0.05) is 49.2 Å². The first kappa shape index (κ1) is 22.2. The van der Waals surface area contributed by atoms with E-state index < -0.39 is 6.10 Å². The van der Waals surface area contributed by atoms with Gasteiger partial charge >= 0.3 is 0 Å². The van der Waals surface area contributed by atoms with E-state index in [0.717, 1.165) is 30.1 Å². The zero-order chi connectivity index (χ0) is 21.7. The zero-order valence-corrected chi connectivity index (χ0v) is 18.2. The molecule has 7 nitrogen and oxygen atoms in total. The molecular formula is C21H23ClN4O3S. The summed E-state index contributed by atoms with van der Waals surface area (Å²) in [7, 11) is 0. The Morgan fingerprint density at radius 3 is 2.63 bits per heavy atom. The fourth-order valence-electron chi connectivity index (χ4n) is 3.22. The zero-order valence-electron chi connectivity index (χ0n) is 16.6. The molecule has 1 saturated heterocycles. The van der Waals surface area contributed by atoms with Gasteiger partial charge < -0.3 is 15.3 Å². The van der Waals surface area contributed by atoms with E-state index in [9.17, 15) is 14.7 Å². The molecule has 9 heteroatoms. The van der Waals surface area contributed by atoms with Crippen molar-refractivity contribution >= 4 is 34.8 Å². The number of amides is 2. The maximum atomic E-state index is 12.5. The van der Waals surface area contributed by atoms with Crippen molar-refractivity contribution in [1.82, 2.24) is 15.1 Å². The van der Waals surface area contributed by atoms with Crippen molar-refractivity contribution in [3.8, 4) is 6.07 Å². The lowest BCUT2D eigenvalue weighted by Crippen LogP contribution is -2.50. The number of carbonyl (C=O) groups excluding carboxylic acids is 2. The lowest BCUT2D eigenvalue weighted by atomic mass is 10.1. The van der Waals surface area contributed by atoms with E-state index in [1.807, 2.05) is 18.2 Å². The van der Waals surface area contributed by atoms with Crippen molar-refractivity contribution in [1.29, 1.82) is 5.26 Å². The standard InChI is InChI=1S/C21H23ClN4O3S/c1-14(27)21(29)26-8-6-25(7-9-26)13-17-4-5-19(30-17)20(28)24-12-16-3-2-15(11-23)10-18(16)22/h2-5,10,14,27H,6-9,12-13H2,1H3,(H,24,28). The van der Waals surface area contributed by atoms with Crippen LogP contribution in [0.25, 0.3) is 0 Å². The van der Waals surface area contributed by atoms with Crippen molar-refractivity contribution in [3.05, 3.63) is 56.2 Å². The van der Waals surface area contributed by atoms with Crippen LogP contribution in [0, 0.1) is 11.3 Å². The Hall–Kier alpha value is -2.44. The maximum absolute atomic E-state index is 12.5. The van der Waals surface area contributed by atoms with Gasteiger partial charge in [0.1, 0.15) is 6.10 Å². The Morgan fingerprint density at radius 1 is 1.27 bits per heavy atom. The van der Waals surface area contributed by atoms with E-state index in [2.05, 4.69) is 10.2 Å². The number of nitrogens with one attached hydrogen (secondary N) is 1. The van der Waals surface area contributed by atoms with Crippen LogP contribution in [0.5, 0.6) is 0 Å². The van der Waals surface area contributed by atoms with E-state index >= 15 is 0 Å². The molecule has 1 aromatic heterocycles. The number of nitriles is 1. The first-order valence-corrected chi connectivity index (χ1v) is 10.8. The number of nitrogens with zero attached hydrogens (tertiary/aromatic N) is 3. The summed E-state index contributed by atoms with van der Waals surface area (Å²) in [5.41, 5.74) is 1.24. The van der Waals surface area contributed by atoms with Crippen LogP contribution in [-0.2, 0) is 17.9 Å². The summed E-state index contributed by atoms with van der Waals surface area (Å²) in [5.74, 6) is -0.397. The highest BCUT2D eigenvalue weighted by molar-refractivity contribution is 7.14. The fourth-order valence-corrected chi connectivity index (χ4v) is 4.43. The highest BCUT2D eigenvalue weighted by atomic mass is 35.5. The number of hydrogen-bond acceptors (Lipinski definition) is 6. The monoisotopic (exact) mass is 446 g/mol. The third-order valence-electron chi connectivity index (χ3n) is 4.93. The fraction of sp³-hybridized carbons (Fsp3) is 0.381. The number of carbonyl (C=O) groups is 2. The van der Waals surface area contributed by atoms with Crippen molar-refractivity contribution in [3.63, 3.8) is 0 Å². The van der Waals surface area contributed by atoms with Crippen molar-refractivity contribution in [2.75, 3.05) is 26.2 Å². The molecule has 3 rings (SSSR count). The third-order valence-corrected chi connectivity index (χ3v) is 6.35. The molecule has 2 aromatic rings. The van der Waals surface area contributed by atoms with Crippen LogP contribution in [0.1, 0.15) is 32.6 Å². The molecule has 1 fully saturated rings. The van der Waals surface area contributed by atoms with Gasteiger partial charge in [0.15, 0.2) is 0 Å². The van der Waals surface area contributed by atoms with Crippen LogP contribution in [0.4, 0.5) is 0 Å². The molecule has 1 unspecified atom stereocenters. The molecule has 0 radical (unpaired) electrons. The second kappa shape index (κ2) is 10.0. The summed E-state index contributed by atoms with van der Waals surface area (Å²) in [4.78, 5) is 29.9. The van der Waals surface area contributed by atoms with Gasteiger partial charge in [0.2, 0.25) is 0 Å². The number of aliphatic hydroxyl groups is 1. The lowest BCUT2D eigenvalue weighted by Gasteiger charge is -2.35. The van der Waals surface area contributed by atoms with Crippen LogP contribution in [0.15, 0.2) is 30.3 Å². The summed E-state index contributed by atoms with van der Waals surface area (Å²) in [6.45, 7) is 5.14. The molecule has 2 heterocycles. The maximum Gasteiger partial charge on any atom is 0.261 e. The molecule has 158 valence electrons. The van der Waals surface area contributed by atoms with Crippen LogP contribution in [0.3, 0.4) is 0 Å². The van der Waals surface area contributed by atoms with E-state index in [0.29, 0.717) is 28.6 Å². The number of halogens is 1. The minimum absolute atomic E-state index is 0.168. The molecular weight excluding hydrogens is 424 g/mol. The number of hydrogen-bond donors (Lipinski definition) is 2. The third kappa shape index (κ3) is 5.58. The minimum atomic E-state index is -0.964. The molecule has 0 bridgehead atoms. The molecule has 0 aliphatic carbocycles. The highest BCUT2D eigenvalue weighted by Crippen LogP contribution is 2.21. The average Bonchev–Trinajstić information content (AvgIpc) is 3.21. The summed E-state index contributed by atoms with van der Waals surface area (Å²) < 4.78 is 0.